The Morgan fingerprint density at radius 3 is 2.48 bits per heavy atom. The average Bonchev–Trinajstić information content (AvgIpc) is 2.73. The van der Waals surface area contributed by atoms with Crippen molar-refractivity contribution in [3.63, 3.8) is 0 Å². The molecular weight excluding hydrogens is 290 g/mol. The third kappa shape index (κ3) is 2.04. The average molecular weight is 321 g/mol. The normalized spacial score (nSPS) is 59.2. The van der Waals surface area contributed by atoms with Crippen molar-refractivity contribution in [3.05, 3.63) is 0 Å². The summed E-state index contributed by atoms with van der Waals surface area (Å²) in [6.45, 7) is 4.56. The van der Waals surface area contributed by atoms with Gasteiger partial charge in [-0.2, -0.15) is 0 Å². The maximum atomic E-state index is 12.3. The van der Waals surface area contributed by atoms with Gasteiger partial charge in [0.1, 0.15) is 5.78 Å². The lowest BCUT2D eigenvalue weighted by Crippen LogP contribution is -2.59. The maximum absolute atomic E-state index is 12.3. The third-order valence-corrected chi connectivity index (χ3v) is 8.57. The molecule has 4 aliphatic rings. The molecule has 4 N–H and O–H groups in total. The summed E-state index contributed by atoms with van der Waals surface area (Å²) in [7, 11) is 0. The maximum Gasteiger partial charge on any atom is 0.150 e. The quantitative estimate of drug-likeness (QED) is 0.636. The molecule has 4 aliphatic carbocycles. The first-order valence-corrected chi connectivity index (χ1v) is 9.42. The summed E-state index contributed by atoms with van der Waals surface area (Å²) in [5, 5.41) is 21.0. The van der Waals surface area contributed by atoms with E-state index in [0.717, 1.165) is 38.5 Å². The van der Waals surface area contributed by atoms with Crippen LogP contribution >= 0.6 is 0 Å². The molecule has 9 atom stereocenters. The minimum atomic E-state index is -0.348. The van der Waals surface area contributed by atoms with Crippen LogP contribution in [0.4, 0.5) is 0 Å². The lowest BCUT2D eigenvalue weighted by molar-refractivity contribution is -0.169. The van der Waals surface area contributed by atoms with Crippen molar-refractivity contribution in [3.8, 4) is 0 Å². The fraction of sp³-hybridized carbons (Fsp3) is 0.947. The number of carbonyl (C=O) groups excluding carboxylic acids is 1. The summed E-state index contributed by atoms with van der Waals surface area (Å²) in [6, 6.07) is -0.348. The monoisotopic (exact) mass is 321 g/mol. The number of ketones is 1. The molecule has 4 heteroatoms. The van der Waals surface area contributed by atoms with Crippen LogP contribution in [0.2, 0.25) is 0 Å². The van der Waals surface area contributed by atoms with Crippen molar-refractivity contribution >= 4 is 5.78 Å². The summed E-state index contributed by atoms with van der Waals surface area (Å²) in [5.74, 6) is 1.53. The van der Waals surface area contributed by atoms with E-state index in [-0.39, 0.29) is 46.7 Å². The molecule has 0 spiro atoms. The Morgan fingerprint density at radius 2 is 1.74 bits per heavy atom. The first-order valence-electron chi connectivity index (χ1n) is 9.42. The van der Waals surface area contributed by atoms with Crippen LogP contribution in [0.1, 0.15) is 58.8 Å². The summed E-state index contributed by atoms with van der Waals surface area (Å²) < 4.78 is 0. The zero-order valence-corrected chi connectivity index (χ0v) is 14.4. The molecule has 0 radical (unpaired) electrons. The Hall–Kier alpha value is -0.450. The second kappa shape index (κ2) is 5.03. The zero-order valence-electron chi connectivity index (χ0n) is 14.4. The molecule has 0 saturated heterocycles. The van der Waals surface area contributed by atoms with E-state index >= 15 is 0 Å². The van der Waals surface area contributed by atoms with Crippen LogP contribution in [0.3, 0.4) is 0 Å². The molecule has 4 rings (SSSR count). The van der Waals surface area contributed by atoms with E-state index in [1.807, 2.05) is 0 Å². The Labute approximate surface area is 138 Å². The number of fused-ring (bicyclic) bond motifs is 5. The van der Waals surface area contributed by atoms with E-state index in [4.69, 9.17) is 5.73 Å². The van der Waals surface area contributed by atoms with Gasteiger partial charge in [-0.1, -0.05) is 13.8 Å². The lowest BCUT2D eigenvalue weighted by Gasteiger charge is -2.61. The Bertz CT molecular complexity index is 523. The number of nitrogens with two attached hydrogens (primary N) is 1. The first kappa shape index (κ1) is 16.0. The minimum Gasteiger partial charge on any atom is -0.393 e. The lowest BCUT2D eigenvalue weighted by atomic mass is 9.44. The van der Waals surface area contributed by atoms with Crippen molar-refractivity contribution in [1.82, 2.24) is 0 Å². The van der Waals surface area contributed by atoms with Crippen LogP contribution in [0.5, 0.6) is 0 Å². The molecule has 0 amide bonds. The molecular formula is C19H31NO3. The summed E-state index contributed by atoms with van der Waals surface area (Å²) in [6.07, 6.45) is 5.63. The number of aliphatic hydroxyl groups excluding tert-OH is 2. The number of Topliss-reactive ketones (excluding diaryl/α,β-unsaturated/α-hetero) is 1. The Balaban J connectivity index is 1.69. The second-order valence-corrected chi connectivity index (χ2v) is 9.42. The molecule has 0 aromatic rings. The van der Waals surface area contributed by atoms with Gasteiger partial charge in [-0.05, 0) is 73.0 Å². The van der Waals surface area contributed by atoms with Crippen molar-refractivity contribution in [2.45, 2.75) is 77.0 Å². The Kier molecular flexibility index (Phi) is 3.51. The predicted octanol–water partition coefficient (Wildman–Crippen LogP) is 1.87. The third-order valence-electron chi connectivity index (χ3n) is 8.57. The fourth-order valence-corrected chi connectivity index (χ4v) is 7.04. The van der Waals surface area contributed by atoms with E-state index in [0.29, 0.717) is 18.3 Å². The van der Waals surface area contributed by atoms with Crippen LogP contribution in [-0.2, 0) is 4.79 Å². The SMILES string of the molecule is C[C@]12CC[C@H]3[C@@H]([C@@H](O)CC4C[C@H](O)CC[C@@]43C)[C@@H]1CC(=O)[C@@H]2N. The molecule has 130 valence electrons. The van der Waals surface area contributed by atoms with Gasteiger partial charge in [0.05, 0.1) is 18.2 Å². The number of rotatable bonds is 0. The van der Waals surface area contributed by atoms with E-state index in [2.05, 4.69) is 13.8 Å². The molecule has 23 heavy (non-hydrogen) atoms. The van der Waals surface area contributed by atoms with Gasteiger partial charge in [0.15, 0.2) is 0 Å². The van der Waals surface area contributed by atoms with Crippen molar-refractivity contribution in [1.29, 1.82) is 0 Å². The molecule has 1 unspecified atom stereocenters. The van der Waals surface area contributed by atoms with Gasteiger partial charge < -0.3 is 15.9 Å². The number of hydrogen-bond acceptors (Lipinski definition) is 4. The van der Waals surface area contributed by atoms with Gasteiger partial charge in [0.2, 0.25) is 0 Å². The minimum absolute atomic E-state index is 0.128. The predicted molar refractivity (Wildman–Crippen MR) is 87.5 cm³/mol. The molecule has 0 heterocycles. The first-order chi connectivity index (χ1) is 10.8. The molecule has 0 aromatic carbocycles. The second-order valence-electron chi connectivity index (χ2n) is 9.42. The van der Waals surface area contributed by atoms with Gasteiger partial charge in [-0.25, -0.2) is 0 Å². The number of hydrogen-bond donors (Lipinski definition) is 3. The van der Waals surface area contributed by atoms with Gasteiger partial charge in [-0.15, -0.1) is 0 Å². The van der Waals surface area contributed by atoms with Crippen molar-refractivity contribution in [2.24, 2.45) is 40.2 Å². The number of aliphatic hydroxyl groups is 2. The topological polar surface area (TPSA) is 83.5 Å². The highest BCUT2D eigenvalue weighted by Crippen LogP contribution is 2.65. The molecule has 0 aliphatic heterocycles. The van der Waals surface area contributed by atoms with Crippen LogP contribution in [0.25, 0.3) is 0 Å². The standard InChI is InChI=1S/C19H31NO3/c1-18-5-3-11(21)7-10(18)8-14(22)16-12(18)4-6-19(2)13(16)9-15(23)17(19)20/h10-14,16-17,21-22H,3-9,20H2,1-2H3/t10?,11-,12+,13+,14+,16-,17+,18+,19+/m1/s1. The molecule has 0 bridgehead atoms. The highest BCUT2D eigenvalue weighted by atomic mass is 16.3. The van der Waals surface area contributed by atoms with Crippen LogP contribution < -0.4 is 5.73 Å². The van der Waals surface area contributed by atoms with Gasteiger partial charge in [0.25, 0.3) is 0 Å². The van der Waals surface area contributed by atoms with Crippen LogP contribution in [-0.4, -0.2) is 34.2 Å². The molecule has 0 aromatic heterocycles. The van der Waals surface area contributed by atoms with Crippen molar-refractivity contribution in [2.75, 3.05) is 0 Å². The summed E-state index contributed by atoms with van der Waals surface area (Å²) >= 11 is 0. The van der Waals surface area contributed by atoms with Gasteiger partial charge in [-0.3, -0.25) is 4.79 Å². The molecule has 4 saturated carbocycles. The highest BCUT2D eigenvalue weighted by molar-refractivity contribution is 5.87. The number of carbonyl (C=O) groups is 1. The van der Waals surface area contributed by atoms with E-state index in [9.17, 15) is 15.0 Å². The smallest absolute Gasteiger partial charge is 0.150 e. The van der Waals surface area contributed by atoms with Crippen molar-refractivity contribution < 1.29 is 15.0 Å². The van der Waals surface area contributed by atoms with E-state index < -0.39 is 0 Å². The molecule has 4 nitrogen and oxygen atoms in total. The van der Waals surface area contributed by atoms with E-state index in [1.54, 1.807) is 0 Å². The summed E-state index contributed by atoms with van der Waals surface area (Å²) in [4.78, 5) is 12.3. The summed E-state index contributed by atoms with van der Waals surface area (Å²) in [5.41, 5.74) is 6.33. The molecule has 4 fully saturated rings. The highest BCUT2D eigenvalue weighted by Gasteiger charge is 2.63. The van der Waals surface area contributed by atoms with Crippen LogP contribution in [0, 0.1) is 34.5 Å². The van der Waals surface area contributed by atoms with Crippen LogP contribution in [0.15, 0.2) is 0 Å². The zero-order chi connectivity index (χ0) is 16.6. The Morgan fingerprint density at radius 1 is 1.04 bits per heavy atom. The largest absolute Gasteiger partial charge is 0.393 e. The van der Waals surface area contributed by atoms with Gasteiger partial charge in [0, 0.05) is 6.42 Å². The fourth-order valence-electron chi connectivity index (χ4n) is 7.04. The van der Waals surface area contributed by atoms with E-state index in [1.165, 1.54) is 0 Å². The van der Waals surface area contributed by atoms with Gasteiger partial charge >= 0.3 is 0 Å².